The molecule has 0 aliphatic carbocycles. The van der Waals surface area contributed by atoms with Crippen molar-refractivity contribution in [1.82, 2.24) is 9.88 Å². The molecule has 0 bridgehead atoms. The highest BCUT2D eigenvalue weighted by molar-refractivity contribution is 7.80. The second kappa shape index (κ2) is 8.96. The highest BCUT2D eigenvalue weighted by Gasteiger charge is 2.52. The minimum atomic E-state index is -5.08. The van der Waals surface area contributed by atoms with Crippen LogP contribution in [-0.2, 0) is 16.1 Å². The highest BCUT2D eigenvalue weighted by Crippen LogP contribution is 2.36. The number of carbonyl (C=O) groups excluding carboxylic acids is 2. The van der Waals surface area contributed by atoms with Gasteiger partial charge in [-0.1, -0.05) is 6.07 Å². The molecule has 1 saturated heterocycles. The maximum Gasteiger partial charge on any atom is 0.490 e. The van der Waals surface area contributed by atoms with Crippen LogP contribution in [0, 0.1) is 6.92 Å². The van der Waals surface area contributed by atoms with Crippen LogP contribution in [-0.4, -0.2) is 44.6 Å². The molecule has 2 heterocycles. The normalized spacial score (nSPS) is 15.6. The monoisotopic (exact) mass is 455 g/mol. The van der Waals surface area contributed by atoms with E-state index in [0.29, 0.717) is 17.1 Å². The van der Waals surface area contributed by atoms with Gasteiger partial charge in [-0.05, 0) is 56.2 Å². The Labute approximate surface area is 181 Å². The third kappa shape index (κ3) is 5.35. The van der Waals surface area contributed by atoms with Crippen LogP contribution >= 0.6 is 12.6 Å². The van der Waals surface area contributed by atoms with Gasteiger partial charge in [0.25, 0.3) is 5.91 Å². The number of hydrogen-bond acceptors (Lipinski definition) is 5. The second-order valence-corrected chi connectivity index (χ2v) is 7.70. The van der Waals surface area contributed by atoms with Gasteiger partial charge in [-0.2, -0.15) is 13.2 Å². The Balaban J connectivity index is 0.000000423. The van der Waals surface area contributed by atoms with Crippen molar-refractivity contribution in [2.45, 2.75) is 43.9 Å². The molecular formula is C20H20F3N3O4S. The van der Waals surface area contributed by atoms with Gasteiger partial charge in [0.05, 0.1) is 5.69 Å². The summed E-state index contributed by atoms with van der Waals surface area (Å²) in [6.45, 7) is 5.82. The number of aliphatic carboxylic acids is 1. The first-order valence-electron chi connectivity index (χ1n) is 8.91. The van der Waals surface area contributed by atoms with Crippen molar-refractivity contribution < 1.29 is 32.7 Å². The number of carboxylic acid groups (broad SMARTS) is 1. The number of pyridine rings is 1. The van der Waals surface area contributed by atoms with E-state index in [4.69, 9.17) is 9.90 Å². The summed E-state index contributed by atoms with van der Waals surface area (Å²) in [5.41, 5.74) is 1.54. The maximum atomic E-state index is 13.0. The SMILES string of the molecule is Cc1ccc(N2C(=O)N(Cc3ccncc3)C(C)(C)C2=O)c(S)c1.O=C(O)C(F)(F)F. The van der Waals surface area contributed by atoms with E-state index in [1.807, 2.05) is 31.2 Å². The Morgan fingerprint density at radius 3 is 2.19 bits per heavy atom. The van der Waals surface area contributed by atoms with Crippen LogP contribution in [0.3, 0.4) is 0 Å². The van der Waals surface area contributed by atoms with Gasteiger partial charge in [0, 0.05) is 23.8 Å². The zero-order chi connectivity index (χ0) is 23.6. The lowest BCUT2D eigenvalue weighted by atomic mass is 10.0. The first-order chi connectivity index (χ1) is 14.3. The Morgan fingerprint density at radius 2 is 1.71 bits per heavy atom. The summed E-state index contributed by atoms with van der Waals surface area (Å²) in [5.74, 6) is -3.01. The summed E-state index contributed by atoms with van der Waals surface area (Å²) in [6, 6.07) is 8.82. The van der Waals surface area contributed by atoms with Crippen LogP contribution in [0.25, 0.3) is 0 Å². The molecule has 1 N–H and O–H groups in total. The largest absolute Gasteiger partial charge is 0.490 e. The van der Waals surface area contributed by atoms with Crippen molar-refractivity contribution in [3.63, 3.8) is 0 Å². The molecule has 0 atom stereocenters. The van der Waals surface area contributed by atoms with Crippen molar-refractivity contribution in [2.24, 2.45) is 0 Å². The molecular weight excluding hydrogens is 435 g/mol. The lowest BCUT2D eigenvalue weighted by Gasteiger charge is -2.27. The van der Waals surface area contributed by atoms with Crippen LogP contribution in [0.4, 0.5) is 23.7 Å². The number of imide groups is 1. The molecule has 1 aliphatic heterocycles. The highest BCUT2D eigenvalue weighted by atomic mass is 32.1. The fourth-order valence-electron chi connectivity index (χ4n) is 2.81. The molecule has 1 aliphatic rings. The first-order valence-corrected chi connectivity index (χ1v) is 9.36. The molecule has 1 fully saturated rings. The molecule has 1 aromatic heterocycles. The van der Waals surface area contributed by atoms with Crippen LogP contribution in [0.1, 0.15) is 25.0 Å². The van der Waals surface area contributed by atoms with Gasteiger partial charge in [0.1, 0.15) is 5.54 Å². The van der Waals surface area contributed by atoms with E-state index in [-0.39, 0.29) is 11.9 Å². The van der Waals surface area contributed by atoms with E-state index in [9.17, 15) is 22.8 Å². The Bertz CT molecular complexity index is 997. The maximum absolute atomic E-state index is 13.0. The van der Waals surface area contributed by atoms with E-state index in [2.05, 4.69) is 17.6 Å². The van der Waals surface area contributed by atoms with Gasteiger partial charge in [0.15, 0.2) is 0 Å². The van der Waals surface area contributed by atoms with E-state index >= 15 is 0 Å². The lowest BCUT2D eigenvalue weighted by Crippen LogP contribution is -2.43. The number of anilines is 1. The Morgan fingerprint density at radius 1 is 1.16 bits per heavy atom. The van der Waals surface area contributed by atoms with Crippen LogP contribution < -0.4 is 4.90 Å². The quantitative estimate of drug-likeness (QED) is 0.538. The minimum absolute atomic E-state index is 0.249. The predicted molar refractivity (Wildman–Crippen MR) is 109 cm³/mol. The molecule has 0 unspecified atom stereocenters. The Kier molecular flexibility index (Phi) is 6.99. The first kappa shape index (κ1) is 24.2. The van der Waals surface area contributed by atoms with Crippen LogP contribution in [0.5, 0.6) is 0 Å². The number of urea groups is 1. The average molecular weight is 455 g/mol. The van der Waals surface area contributed by atoms with Crippen molar-refractivity contribution in [2.75, 3.05) is 4.90 Å². The number of rotatable bonds is 3. The summed E-state index contributed by atoms with van der Waals surface area (Å²) in [4.78, 5) is 42.1. The number of hydrogen-bond donors (Lipinski definition) is 2. The fourth-order valence-corrected chi connectivity index (χ4v) is 3.18. The van der Waals surface area contributed by atoms with Crippen molar-refractivity contribution in [1.29, 1.82) is 0 Å². The number of nitrogens with zero attached hydrogens (tertiary/aromatic N) is 3. The number of amides is 3. The van der Waals surface area contributed by atoms with E-state index in [1.54, 1.807) is 37.2 Å². The van der Waals surface area contributed by atoms with E-state index in [1.165, 1.54) is 4.90 Å². The van der Waals surface area contributed by atoms with Gasteiger partial charge in [-0.15, -0.1) is 12.6 Å². The predicted octanol–water partition coefficient (Wildman–Crippen LogP) is 4.06. The molecule has 0 saturated carbocycles. The summed E-state index contributed by atoms with van der Waals surface area (Å²) in [7, 11) is 0. The number of aryl methyl sites for hydroxylation is 1. The zero-order valence-corrected chi connectivity index (χ0v) is 17.7. The van der Waals surface area contributed by atoms with E-state index < -0.39 is 17.7 Å². The number of aromatic nitrogens is 1. The molecule has 2 aromatic rings. The van der Waals surface area contributed by atoms with Crippen molar-refractivity contribution in [3.8, 4) is 0 Å². The third-order valence-electron chi connectivity index (χ3n) is 4.53. The summed E-state index contributed by atoms with van der Waals surface area (Å²) >= 11 is 4.44. The molecule has 7 nitrogen and oxygen atoms in total. The number of benzene rings is 1. The smallest absolute Gasteiger partial charge is 0.475 e. The molecule has 11 heteroatoms. The van der Waals surface area contributed by atoms with Crippen LogP contribution in [0.15, 0.2) is 47.6 Å². The second-order valence-electron chi connectivity index (χ2n) is 7.22. The van der Waals surface area contributed by atoms with Gasteiger partial charge >= 0.3 is 18.2 Å². The standard InChI is InChI=1S/C18H19N3O2S.C2HF3O2/c1-12-4-5-14(15(24)10-12)21-16(22)18(2,3)20(17(21)23)11-13-6-8-19-9-7-13;3-2(4,5)1(6)7/h4-10,24H,11H2,1-3H3;(H,6,7). The molecule has 0 spiro atoms. The average Bonchev–Trinajstić information content (AvgIpc) is 2.83. The fraction of sp³-hybridized carbons (Fsp3) is 0.300. The lowest BCUT2D eigenvalue weighted by molar-refractivity contribution is -0.192. The molecule has 31 heavy (non-hydrogen) atoms. The van der Waals surface area contributed by atoms with Gasteiger partial charge in [0.2, 0.25) is 0 Å². The molecule has 166 valence electrons. The topological polar surface area (TPSA) is 90.8 Å². The third-order valence-corrected chi connectivity index (χ3v) is 4.89. The number of alkyl halides is 3. The van der Waals surface area contributed by atoms with Crippen molar-refractivity contribution in [3.05, 3.63) is 53.9 Å². The summed E-state index contributed by atoms with van der Waals surface area (Å²) in [6.07, 6.45) is -1.73. The van der Waals surface area contributed by atoms with Gasteiger partial charge in [-0.3, -0.25) is 9.78 Å². The molecule has 0 radical (unpaired) electrons. The molecule has 3 amide bonds. The number of halogens is 3. The molecule has 3 rings (SSSR count). The zero-order valence-electron chi connectivity index (χ0n) is 16.8. The number of carbonyl (C=O) groups is 3. The molecule has 1 aromatic carbocycles. The van der Waals surface area contributed by atoms with Crippen molar-refractivity contribution >= 4 is 36.2 Å². The summed E-state index contributed by atoms with van der Waals surface area (Å²) in [5, 5.41) is 7.12. The minimum Gasteiger partial charge on any atom is -0.475 e. The van der Waals surface area contributed by atoms with Gasteiger partial charge < -0.3 is 10.0 Å². The van der Waals surface area contributed by atoms with Gasteiger partial charge in [-0.25, -0.2) is 14.5 Å². The van der Waals surface area contributed by atoms with Crippen LogP contribution in [0.2, 0.25) is 0 Å². The summed E-state index contributed by atoms with van der Waals surface area (Å²) < 4.78 is 31.7. The number of carboxylic acids is 1. The van der Waals surface area contributed by atoms with E-state index in [0.717, 1.165) is 11.1 Å². The number of thiol groups is 1. The Hall–Kier alpha value is -3.08.